The van der Waals surface area contributed by atoms with Gasteiger partial charge in [0.1, 0.15) is 0 Å². The predicted molar refractivity (Wildman–Crippen MR) is 192 cm³/mol. The fourth-order valence-corrected chi connectivity index (χ4v) is 19.4. The monoisotopic (exact) mass is 700 g/mol. The quantitative estimate of drug-likeness (QED) is 0.205. The molecule has 0 bridgehead atoms. The molecule has 3 nitrogen and oxygen atoms in total. The Bertz CT molecular complexity index is 519. The van der Waals surface area contributed by atoms with Gasteiger partial charge in [0.25, 0.3) is 20.4 Å². The van der Waals surface area contributed by atoms with Crippen LogP contribution in [0, 0.1) is 0 Å². The zero-order valence-corrected chi connectivity index (χ0v) is 31.5. The normalized spacial score (nSPS) is 24.7. The summed E-state index contributed by atoms with van der Waals surface area (Å²) in [7, 11) is 0.770. The molecule has 6 radical (unpaired) electrons. The van der Waals surface area contributed by atoms with E-state index in [4.69, 9.17) is 14.4 Å². The molecule has 0 saturated heterocycles. The maximum atomic E-state index is 7.50. The van der Waals surface area contributed by atoms with Crippen molar-refractivity contribution in [2.45, 2.75) is 227 Å². The van der Waals surface area contributed by atoms with E-state index in [0.29, 0.717) is 15.8 Å². The first-order valence-corrected chi connectivity index (χ1v) is 22.2. The van der Waals surface area contributed by atoms with Crippen molar-refractivity contribution >= 4 is 36.2 Å². The second-order valence-corrected chi connectivity index (χ2v) is 20.8. The van der Waals surface area contributed by atoms with Crippen LogP contribution in [-0.2, 0) is 31.5 Å². The molecule has 258 valence electrons. The predicted octanol–water partition coefficient (Wildman–Crippen LogP) is 11.7. The number of hydrogen-bond acceptors (Lipinski definition) is 3. The minimum atomic E-state index is 0. The first-order valence-electron chi connectivity index (χ1n) is 19.1. The van der Waals surface area contributed by atoms with Crippen molar-refractivity contribution in [1.82, 2.24) is 0 Å². The summed E-state index contributed by atoms with van der Waals surface area (Å²) in [6, 6.07) is 0. The molecule has 0 aromatic rings. The standard InChI is InChI=1S/2C18H33P.3CO.Fe/c2*1-4-10-16(11-5-1)19(17-12-6-2-7-13-17)18-14-8-3-9-15-18;3*1-2;/h2*16-18H,1-15H2;;;;. The smallest absolute Gasteiger partial charge is 0.281 e. The third kappa shape index (κ3) is 15.2. The number of carbonyl (C=O) groups excluding carboxylic acids is 3. The fraction of sp³-hybridized carbons (Fsp3) is 0.923. The van der Waals surface area contributed by atoms with Crippen LogP contribution < -0.4 is 0 Å². The number of rotatable bonds is 6. The molecular weight excluding hydrogens is 634 g/mol. The molecule has 6 saturated carbocycles. The van der Waals surface area contributed by atoms with Gasteiger partial charge in [-0.1, -0.05) is 131 Å². The first-order chi connectivity index (χ1) is 21.9. The summed E-state index contributed by atoms with van der Waals surface area (Å²) >= 11 is 0. The van der Waals surface area contributed by atoms with Crippen LogP contribution in [0.2, 0.25) is 0 Å². The third-order valence-electron chi connectivity index (χ3n) is 12.0. The van der Waals surface area contributed by atoms with Crippen molar-refractivity contribution in [2.75, 3.05) is 0 Å². The van der Waals surface area contributed by atoms with Gasteiger partial charge in [-0.2, -0.15) is 0 Å². The second-order valence-electron chi connectivity index (χ2n) is 14.6. The fourth-order valence-electron chi connectivity index (χ4n) is 10.1. The van der Waals surface area contributed by atoms with Gasteiger partial charge < -0.3 is 0 Å². The van der Waals surface area contributed by atoms with Gasteiger partial charge in [-0.25, -0.2) is 0 Å². The van der Waals surface area contributed by atoms with Gasteiger partial charge in [0.15, 0.2) is 0 Å². The average molecular weight is 701 g/mol. The van der Waals surface area contributed by atoms with Gasteiger partial charge >= 0.3 is 0 Å². The van der Waals surface area contributed by atoms with E-state index in [1.807, 2.05) is 0 Å². The van der Waals surface area contributed by atoms with Gasteiger partial charge in [-0.15, -0.1) is 0 Å². The molecule has 0 spiro atoms. The molecule has 6 aliphatic rings. The zero-order chi connectivity index (χ0) is 31.8. The van der Waals surface area contributed by atoms with Crippen molar-refractivity contribution in [2.24, 2.45) is 0 Å². The van der Waals surface area contributed by atoms with Crippen molar-refractivity contribution in [3.8, 4) is 0 Å². The van der Waals surface area contributed by atoms with E-state index < -0.39 is 0 Å². The van der Waals surface area contributed by atoms with Crippen LogP contribution in [0.3, 0.4) is 0 Å². The van der Waals surface area contributed by atoms with E-state index in [9.17, 15) is 0 Å². The summed E-state index contributed by atoms with van der Waals surface area (Å²) in [5.74, 6) is 0. The first kappa shape index (κ1) is 43.4. The summed E-state index contributed by atoms with van der Waals surface area (Å²) in [5.41, 5.74) is 7.14. The van der Waals surface area contributed by atoms with Crippen LogP contribution in [-0.4, -0.2) is 54.3 Å². The Labute approximate surface area is 293 Å². The molecule has 6 heteroatoms. The molecule has 6 rings (SSSR count). The molecule has 0 atom stereocenters. The molecule has 0 aromatic heterocycles. The summed E-state index contributed by atoms with van der Waals surface area (Å²) in [6.45, 7) is 13.5. The molecular formula is C39H66FeO3P2. The van der Waals surface area contributed by atoms with Crippen molar-refractivity contribution in [3.63, 3.8) is 0 Å². The minimum Gasteiger partial charge on any atom is -0.281 e. The van der Waals surface area contributed by atoms with Crippen LogP contribution in [0.15, 0.2) is 0 Å². The van der Waals surface area contributed by atoms with Crippen molar-refractivity contribution in [1.29, 1.82) is 0 Å². The van der Waals surface area contributed by atoms with Crippen LogP contribution in [0.5, 0.6) is 0 Å². The van der Waals surface area contributed by atoms with E-state index in [0.717, 1.165) is 0 Å². The Balaban J connectivity index is 0.000000379. The molecule has 6 fully saturated rings. The van der Waals surface area contributed by atoms with E-state index in [1.54, 1.807) is 154 Å². The van der Waals surface area contributed by atoms with Crippen molar-refractivity contribution < 1.29 is 31.5 Å². The van der Waals surface area contributed by atoms with E-state index >= 15 is 0 Å². The number of hydrogen-bond donors (Lipinski definition) is 0. The Hall–Kier alpha value is 0.389. The maximum absolute atomic E-state index is 7.50. The van der Waals surface area contributed by atoms with Crippen LogP contribution in [0.4, 0.5) is 0 Å². The van der Waals surface area contributed by atoms with E-state index in [2.05, 4.69) is 20.4 Å². The van der Waals surface area contributed by atoms with Crippen LogP contribution in [0.1, 0.15) is 193 Å². The molecule has 0 amide bonds. The molecule has 0 unspecified atom stereocenters. The Morgan fingerprint density at radius 2 is 0.356 bits per heavy atom. The average Bonchev–Trinajstić information content (AvgIpc) is 3.14. The zero-order valence-electron chi connectivity index (χ0n) is 28.7. The van der Waals surface area contributed by atoms with Crippen LogP contribution in [0.25, 0.3) is 0 Å². The Morgan fingerprint density at radius 3 is 0.467 bits per heavy atom. The summed E-state index contributed by atoms with van der Waals surface area (Å²) in [6.07, 6.45) is 47.2. The Kier molecular flexibility index (Phi) is 27.3. The molecule has 45 heavy (non-hydrogen) atoms. The summed E-state index contributed by atoms with van der Waals surface area (Å²) in [4.78, 5) is 22.5. The van der Waals surface area contributed by atoms with E-state index in [-0.39, 0.29) is 17.1 Å². The molecule has 0 heterocycles. The largest absolute Gasteiger partial charge is 0.281 e. The van der Waals surface area contributed by atoms with E-state index in [1.165, 1.54) is 72.5 Å². The third-order valence-corrected chi connectivity index (χ3v) is 20.1. The summed E-state index contributed by atoms with van der Waals surface area (Å²) < 4.78 is 0. The second kappa shape index (κ2) is 28.3. The van der Waals surface area contributed by atoms with Gasteiger partial charge in [-0.05, 0) is 111 Å². The Morgan fingerprint density at radius 1 is 0.244 bits per heavy atom. The SMILES string of the molecule is C1CCC(P(C2CCCCC2)C2CCCCC2)CC1.C1CCC(P(C2CCCCC2)C2CCCCC2)CC1.[C]=O.[C]=O.[C]=O.[Fe]. The maximum Gasteiger partial charge on any atom is 0.281 e. The van der Waals surface area contributed by atoms with Gasteiger partial charge in [0.05, 0.1) is 0 Å². The van der Waals surface area contributed by atoms with Gasteiger partial charge in [0, 0.05) is 17.1 Å². The van der Waals surface area contributed by atoms with Gasteiger partial charge in [0.2, 0.25) is 0 Å². The molecule has 6 aliphatic carbocycles. The topological polar surface area (TPSA) is 51.2 Å². The molecule has 0 aliphatic heterocycles. The van der Waals surface area contributed by atoms with Gasteiger partial charge in [-0.3, -0.25) is 14.4 Å². The minimum absolute atomic E-state index is 0. The summed E-state index contributed by atoms with van der Waals surface area (Å²) in [5, 5.41) is 0. The van der Waals surface area contributed by atoms with Crippen LogP contribution >= 0.6 is 15.8 Å². The molecule has 0 aromatic carbocycles. The molecule has 0 N–H and O–H groups in total. The van der Waals surface area contributed by atoms with Crippen molar-refractivity contribution in [3.05, 3.63) is 0 Å².